The summed E-state index contributed by atoms with van der Waals surface area (Å²) in [5.74, 6) is -0.891. The number of aryl methyl sites for hydroxylation is 2. The van der Waals surface area contributed by atoms with Crippen LogP contribution in [-0.2, 0) is 18.9 Å². The standard InChI is InChI=1S/C13H19N5O4/c1-5-6(2)7(11(20)21)14-12-15-9-8(17(12)3)10(19)16-13(22)18(9)4/h6-7H,5H2,1-4H3,(H,14,15)(H,20,21)(H,16,19,22)/t6-,7-/m0/s1. The third kappa shape index (κ3) is 2.49. The number of nitrogens with zero attached hydrogens (tertiary/aromatic N) is 3. The second kappa shape index (κ2) is 5.66. The Balaban J connectivity index is 2.58. The molecule has 0 spiro atoms. The molecule has 0 aromatic carbocycles. The lowest BCUT2D eigenvalue weighted by Crippen LogP contribution is -2.36. The smallest absolute Gasteiger partial charge is 0.329 e. The molecular weight excluding hydrogens is 290 g/mol. The molecule has 9 nitrogen and oxygen atoms in total. The van der Waals surface area contributed by atoms with Crippen LogP contribution in [-0.4, -0.2) is 36.2 Å². The Bertz CT molecular complexity index is 831. The average molecular weight is 309 g/mol. The highest BCUT2D eigenvalue weighted by Gasteiger charge is 2.26. The second-order valence-corrected chi connectivity index (χ2v) is 5.33. The molecule has 9 heteroatoms. The highest BCUT2D eigenvalue weighted by molar-refractivity contribution is 5.79. The summed E-state index contributed by atoms with van der Waals surface area (Å²) in [6, 6.07) is -0.836. The summed E-state index contributed by atoms with van der Waals surface area (Å²) in [7, 11) is 3.08. The van der Waals surface area contributed by atoms with Gasteiger partial charge in [0, 0.05) is 14.1 Å². The van der Waals surface area contributed by atoms with Crippen LogP contribution in [0.2, 0.25) is 0 Å². The number of carbonyl (C=O) groups is 1. The van der Waals surface area contributed by atoms with Gasteiger partial charge in [-0.05, 0) is 5.92 Å². The molecule has 2 aromatic rings. The number of anilines is 1. The molecule has 3 N–H and O–H groups in total. The van der Waals surface area contributed by atoms with Crippen molar-refractivity contribution < 1.29 is 9.90 Å². The van der Waals surface area contributed by atoms with Crippen LogP contribution >= 0.6 is 0 Å². The average Bonchev–Trinajstić information content (AvgIpc) is 2.78. The van der Waals surface area contributed by atoms with Gasteiger partial charge < -0.3 is 15.0 Å². The van der Waals surface area contributed by atoms with Gasteiger partial charge in [0.25, 0.3) is 5.56 Å². The molecule has 2 heterocycles. The first kappa shape index (κ1) is 15.8. The molecule has 0 aliphatic carbocycles. The first-order valence-corrected chi connectivity index (χ1v) is 6.93. The number of rotatable bonds is 5. The quantitative estimate of drug-likeness (QED) is 0.707. The van der Waals surface area contributed by atoms with E-state index in [4.69, 9.17) is 0 Å². The number of aromatic nitrogens is 4. The molecule has 0 bridgehead atoms. The van der Waals surface area contributed by atoms with E-state index in [9.17, 15) is 19.5 Å². The van der Waals surface area contributed by atoms with Gasteiger partial charge in [0.1, 0.15) is 6.04 Å². The molecular formula is C13H19N5O4. The molecule has 0 radical (unpaired) electrons. The molecule has 2 aromatic heterocycles. The van der Waals surface area contributed by atoms with Crippen molar-refractivity contribution in [3.63, 3.8) is 0 Å². The normalized spacial score (nSPS) is 14.0. The van der Waals surface area contributed by atoms with Crippen LogP contribution in [0.25, 0.3) is 11.2 Å². The van der Waals surface area contributed by atoms with Crippen molar-refractivity contribution in [1.29, 1.82) is 0 Å². The van der Waals surface area contributed by atoms with Gasteiger partial charge >= 0.3 is 11.7 Å². The van der Waals surface area contributed by atoms with Crippen LogP contribution < -0.4 is 16.6 Å². The molecule has 0 saturated heterocycles. The Morgan fingerprint density at radius 2 is 2.00 bits per heavy atom. The van der Waals surface area contributed by atoms with Crippen molar-refractivity contribution >= 4 is 23.1 Å². The van der Waals surface area contributed by atoms with Crippen molar-refractivity contribution in [2.24, 2.45) is 20.0 Å². The molecule has 0 fully saturated rings. The number of H-pyrrole nitrogens is 1. The van der Waals surface area contributed by atoms with E-state index in [2.05, 4.69) is 15.3 Å². The van der Waals surface area contributed by atoms with Gasteiger partial charge in [-0.15, -0.1) is 0 Å². The van der Waals surface area contributed by atoms with E-state index in [1.807, 2.05) is 13.8 Å². The van der Waals surface area contributed by atoms with Crippen molar-refractivity contribution in [2.75, 3.05) is 5.32 Å². The van der Waals surface area contributed by atoms with Gasteiger partial charge in [0.05, 0.1) is 0 Å². The number of aliphatic carboxylic acids is 1. The van der Waals surface area contributed by atoms with Crippen molar-refractivity contribution in [1.82, 2.24) is 19.1 Å². The summed E-state index contributed by atoms with van der Waals surface area (Å²) < 4.78 is 2.66. The summed E-state index contributed by atoms with van der Waals surface area (Å²) in [6.45, 7) is 3.71. The Morgan fingerprint density at radius 1 is 1.36 bits per heavy atom. The molecule has 2 rings (SSSR count). The Labute approximate surface area is 125 Å². The first-order valence-electron chi connectivity index (χ1n) is 6.93. The maximum absolute atomic E-state index is 11.9. The number of carboxylic acid groups (broad SMARTS) is 1. The van der Waals surface area contributed by atoms with Gasteiger partial charge in [-0.3, -0.25) is 14.3 Å². The predicted octanol–water partition coefficient (Wildman–Crippen LogP) is -0.128. The third-order valence-electron chi connectivity index (χ3n) is 3.90. The fourth-order valence-electron chi connectivity index (χ4n) is 2.26. The van der Waals surface area contributed by atoms with Crippen LogP contribution in [0.1, 0.15) is 20.3 Å². The molecule has 0 saturated carbocycles. The summed E-state index contributed by atoms with van der Waals surface area (Å²) in [5.41, 5.74) is -0.722. The summed E-state index contributed by atoms with van der Waals surface area (Å²) in [6.07, 6.45) is 0.674. The maximum Gasteiger partial charge on any atom is 0.329 e. The van der Waals surface area contributed by atoms with E-state index in [1.165, 1.54) is 16.2 Å². The Hall–Kier alpha value is -2.58. The van der Waals surface area contributed by atoms with Crippen molar-refractivity contribution in [3.05, 3.63) is 20.8 Å². The number of hydrogen-bond donors (Lipinski definition) is 3. The monoisotopic (exact) mass is 309 g/mol. The molecule has 0 amide bonds. The van der Waals surface area contributed by atoms with Crippen molar-refractivity contribution in [2.45, 2.75) is 26.3 Å². The minimum atomic E-state index is -0.996. The molecule has 120 valence electrons. The zero-order chi connectivity index (χ0) is 16.6. The molecule has 0 unspecified atom stereocenters. The first-order chi connectivity index (χ1) is 10.3. The zero-order valence-corrected chi connectivity index (χ0v) is 12.9. The lowest BCUT2D eigenvalue weighted by Gasteiger charge is -2.20. The second-order valence-electron chi connectivity index (χ2n) is 5.33. The van der Waals surface area contributed by atoms with Gasteiger partial charge in [-0.25, -0.2) is 9.59 Å². The molecule has 0 aliphatic heterocycles. The lowest BCUT2D eigenvalue weighted by molar-refractivity contribution is -0.139. The van der Waals surface area contributed by atoms with Crippen LogP contribution in [0.4, 0.5) is 5.95 Å². The highest BCUT2D eigenvalue weighted by atomic mass is 16.4. The maximum atomic E-state index is 11.9. The van der Waals surface area contributed by atoms with E-state index in [-0.39, 0.29) is 23.0 Å². The van der Waals surface area contributed by atoms with Gasteiger partial charge in [0.15, 0.2) is 11.2 Å². The van der Waals surface area contributed by atoms with Gasteiger partial charge in [-0.1, -0.05) is 20.3 Å². The molecule has 2 atom stereocenters. The summed E-state index contributed by atoms with van der Waals surface area (Å²) in [5, 5.41) is 12.2. The zero-order valence-electron chi connectivity index (χ0n) is 12.9. The lowest BCUT2D eigenvalue weighted by atomic mass is 9.99. The van der Waals surface area contributed by atoms with Gasteiger partial charge in [-0.2, -0.15) is 4.98 Å². The number of carboxylic acids is 1. The van der Waals surface area contributed by atoms with Crippen LogP contribution in [0.5, 0.6) is 0 Å². The summed E-state index contributed by atoms with van der Waals surface area (Å²) >= 11 is 0. The van der Waals surface area contributed by atoms with Crippen molar-refractivity contribution in [3.8, 4) is 0 Å². The fraction of sp³-hybridized carbons (Fsp3) is 0.538. The largest absolute Gasteiger partial charge is 0.480 e. The topological polar surface area (TPSA) is 122 Å². The van der Waals surface area contributed by atoms with E-state index in [0.29, 0.717) is 6.42 Å². The minimum Gasteiger partial charge on any atom is -0.480 e. The minimum absolute atomic E-state index is 0.126. The Kier molecular flexibility index (Phi) is 4.07. The predicted molar refractivity (Wildman–Crippen MR) is 81.1 cm³/mol. The SMILES string of the molecule is CC[C@H](C)[C@H](Nc1nc2c(c(=O)[nH]c(=O)n2C)n1C)C(=O)O. The number of nitrogens with one attached hydrogen (secondary N) is 2. The highest BCUT2D eigenvalue weighted by Crippen LogP contribution is 2.17. The summed E-state index contributed by atoms with van der Waals surface area (Å²) in [4.78, 5) is 41.3. The number of fused-ring (bicyclic) bond motifs is 1. The fourth-order valence-corrected chi connectivity index (χ4v) is 2.26. The Morgan fingerprint density at radius 3 is 2.55 bits per heavy atom. The number of aromatic amines is 1. The van der Waals surface area contributed by atoms with E-state index in [0.717, 1.165) is 0 Å². The van der Waals surface area contributed by atoms with E-state index in [1.54, 1.807) is 7.05 Å². The number of hydrogen-bond acceptors (Lipinski definition) is 5. The molecule has 22 heavy (non-hydrogen) atoms. The number of imidazole rings is 1. The van der Waals surface area contributed by atoms with Gasteiger partial charge in [0.2, 0.25) is 5.95 Å². The van der Waals surface area contributed by atoms with Crippen LogP contribution in [0.15, 0.2) is 9.59 Å². The van der Waals surface area contributed by atoms with E-state index < -0.39 is 23.3 Å². The third-order valence-corrected chi connectivity index (χ3v) is 3.90. The van der Waals surface area contributed by atoms with Crippen LogP contribution in [0, 0.1) is 5.92 Å². The molecule has 0 aliphatic rings. The van der Waals surface area contributed by atoms with E-state index >= 15 is 0 Å². The van der Waals surface area contributed by atoms with Crippen LogP contribution in [0.3, 0.4) is 0 Å².